The first-order chi connectivity index (χ1) is 5.58. The van der Waals surface area contributed by atoms with E-state index in [0.29, 0.717) is 6.54 Å². The Hall–Kier alpha value is -0.410. The summed E-state index contributed by atoms with van der Waals surface area (Å²) in [6, 6.07) is 3.89. The molecule has 2 nitrogen and oxygen atoms in total. The zero-order valence-electron chi connectivity index (χ0n) is 7.34. The largest absolute Gasteiger partial charge is 0.330 e. The van der Waals surface area contributed by atoms with Crippen LogP contribution in [0.4, 0.5) is 0 Å². The average molecular weight is 229 g/mol. The van der Waals surface area contributed by atoms with Crippen molar-refractivity contribution in [3.8, 4) is 0 Å². The van der Waals surface area contributed by atoms with E-state index < -0.39 is 0 Å². The molecule has 0 aliphatic heterocycles. The van der Waals surface area contributed by atoms with Gasteiger partial charge >= 0.3 is 0 Å². The van der Waals surface area contributed by atoms with E-state index in [4.69, 9.17) is 5.73 Å². The van der Waals surface area contributed by atoms with Crippen LogP contribution in [-0.4, -0.2) is 11.5 Å². The van der Waals surface area contributed by atoms with Gasteiger partial charge in [0.15, 0.2) is 0 Å². The van der Waals surface area contributed by atoms with Crippen LogP contribution in [0.5, 0.6) is 0 Å². The van der Waals surface area contributed by atoms with Gasteiger partial charge in [-0.3, -0.25) is 4.98 Å². The van der Waals surface area contributed by atoms with Crippen molar-refractivity contribution < 1.29 is 0 Å². The van der Waals surface area contributed by atoms with Crippen LogP contribution in [0.1, 0.15) is 19.5 Å². The van der Waals surface area contributed by atoms with E-state index in [1.54, 1.807) is 6.20 Å². The van der Waals surface area contributed by atoms with Gasteiger partial charge in [0, 0.05) is 22.6 Å². The van der Waals surface area contributed by atoms with Crippen LogP contribution in [0.2, 0.25) is 0 Å². The number of hydrogen-bond acceptors (Lipinski definition) is 2. The van der Waals surface area contributed by atoms with Gasteiger partial charge in [0.25, 0.3) is 0 Å². The van der Waals surface area contributed by atoms with Gasteiger partial charge in [-0.2, -0.15) is 0 Å². The summed E-state index contributed by atoms with van der Waals surface area (Å²) in [5.74, 6) is 0. The second-order valence-electron chi connectivity index (χ2n) is 3.42. The standard InChI is InChI=1S/C9H13BrN2/c1-9(2,6-11)8-7(10)4-3-5-12-8/h3-5H,6,11H2,1-2H3. The zero-order valence-corrected chi connectivity index (χ0v) is 8.93. The molecule has 1 aromatic heterocycles. The van der Waals surface area contributed by atoms with Gasteiger partial charge < -0.3 is 5.73 Å². The Morgan fingerprint density at radius 2 is 2.25 bits per heavy atom. The van der Waals surface area contributed by atoms with Gasteiger partial charge in [-0.1, -0.05) is 13.8 Å². The van der Waals surface area contributed by atoms with E-state index in [1.807, 2.05) is 12.1 Å². The summed E-state index contributed by atoms with van der Waals surface area (Å²) in [5.41, 5.74) is 6.61. The fraction of sp³-hybridized carbons (Fsp3) is 0.444. The summed E-state index contributed by atoms with van der Waals surface area (Å²) in [7, 11) is 0. The lowest BCUT2D eigenvalue weighted by molar-refractivity contribution is 0.519. The maximum Gasteiger partial charge on any atom is 0.0614 e. The molecular formula is C9H13BrN2. The molecule has 0 spiro atoms. The molecule has 0 radical (unpaired) electrons. The molecule has 2 N–H and O–H groups in total. The summed E-state index contributed by atoms with van der Waals surface area (Å²) in [4.78, 5) is 4.29. The molecule has 0 atom stereocenters. The predicted octanol–water partition coefficient (Wildman–Crippen LogP) is 2.08. The molecule has 0 fully saturated rings. The van der Waals surface area contributed by atoms with Gasteiger partial charge in [0.1, 0.15) is 0 Å². The molecule has 1 aromatic rings. The van der Waals surface area contributed by atoms with E-state index in [9.17, 15) is 0 Å². The number of nitrogens with zero attached hydrogens (tertiary/aromatic N) is 1. The summed E-state index contributed by atoms with van der Waals surface area (Å²) < 4.78 is 1.03. The van der Waals surface area contributed by atoms with Crippen LogP contribution in [0.3, 0.4) is 0 Å². The van der Waals surface area contributed by atoms with E-state index in [2.05, 4.69) is 34.8 Å². The van der Waals surface area contributed by atoms with Crippen molar-refractivity contribution in [1.29, 1.82) is 0 Å². The minimum absolute atomic E-state index is 0.0555. The van der Waals surface area contributed by atoms with Crippen LogP contribution in [-0.2, 0) is 5.41 Å². The van der Waals surface area contributed by atoms with E-state index in [0.717, 1.165) is 10.2 Å². The molecule has 0 amide bonds. The molecule has 0 aliphatic rings. The fourth-order valence-electron chi connectivity index (χ4n) is 0.980. The van der Waals surface area contributed by atoms with Crippen molar-refractivity contribution in [2.24, 2.45) is 5.73 Å². The first-order valence-electron chi connectivity index (χ1n) is 3.89. The van der Waals surface area contributed by atoms with Gasteiger partial charge in [-0.25, -0.2) is 0 Å². The number of aromatic nitrogens is 1. The molecule has 0 bridgehead atoms. The fourth-order valence-corrected chi connectivity index (χ4v) is 1.77. The lowest BCUT2D eigenvalue weighted by Crippen LogP contribution is -2.29. The molecule has 0 saturated carbocycles. The Morgan fingerprint density at radius 1 is 1.58 bits per heavy atom. The highest BCUT2D eigenvalue weighted by molar-refractivity contribution is 9.10. The Labute approximate surface area is 81.3 Å². The van der Waals surface area contributed by atoms with Gasteiger partial charge in [0.05, 0.1) is 5.69 Å². The maximum atomic E-state index is 5.65. The average Bonchev–Trinajstić information content (AvgIpc) is 2.05. The third-order valence-corrected chi connectivity index (χ3v) is 2.55. The quantitative estimate of drug-likeness (QED) is 0.843. The van der Waals surface area contributed by atoms with Gasteiger partial charge in [0.2, 0.25) is 0 Å². The molecule has 0 aliphatic carbocycles. The number of rotatable bonds is 2. The second kappa shape index (κ2) is 3.54. The highest BCUT2D eigenvalue weighted by atomic mass is 79.9. The minimum atomic E-state index is -0.0555. The predicted molar refractivity (Wildman–Crippen MR) is 54.0 cm³/mol. The molecule has 3 heteroatoms. The zero-order chi connectivity index (χ0) is 9.19. The Morgan fingerprint density at radius 3 is 2.75 bits per heavy atom. The van der Waals surface area contributed by atoms with E-state index >= 15 is 0 Å². The Bertz CT molecular complexity index is 271. The first-order valence-corrected chi connectivity index (χ1v) is 4.68. The lowest BCUT2D eigenvalue weighted by Gasteiger charge is -2.22. The van der Waals surface area contributed by atoms with Crippen molar-refractivity contribution in [3.63, 3.8) is 0 Å². The third kappa shape index (κ3) is 1.84. The van der Waals surface area contributed by atoms with E-state index in [1.165, 1.54) is 0 Å². The molecular weight excluding hydrogens is 216 g/mol. The van der Waals surface area contributed by atoms with Crippen LogP contribution < -0.4 is 5.73 Å². The van der Waals surface area contributed by atoms with Crippen molar-refractivity contribution >= 4 is 15.9 Å². The summed E-state index contributed by atoms with van der Waals surface area (Å²) in [6.45, 7) is 4.77. The van der Waals surface area contributed by atoms with Crippen molar-refractivity contribution in [1.82, 2.24) is 4.98 Å². The maximum absolute atomic E-state index is 5.65. The van der Waals surface area contributed by atoms with Crippen LogP contribution in [0, 0.1) is 0 Å². The van der Waals surface area contributed by atoms with Crippen LogP contribution in [0.25, 0.3) is 0 Å². The molecule has 0 saturated heterocycles. The first kappa shape index (κ1) is 9.68. The number of halogens is 1. The second-order valence-corrected chi connectivity index (χ2v) is 4.28. The Kier molecular flexibility index (Phi) is 2.85. The van der Waals surface area contributed by atoms with Crippen LogP contribution in [0.15, 0.2) is 22.8 Å². The Balaban J connectivity index is 3.10. The normalized spacial score (nSPS) is 11.7. The molecule has 66 valence electrons. The smallest absolute Gasteiger partial charge is 0.0614 e. The summed E-state index contributed by atoms with van der Waals surface area (Å²) in [5, 5.41) is 0. The van der Waals surface area contributed by atoms with Crippen molar-refractivity contribution in [2.45, 2.75) is 19.3 Å². The number of hydrogen-bond donors (Lipinski definition) is 1. The highest BCUT2D eigenvalue weighted by Crippen LogP contribution is 2.26. The topological polar surface area (TPSA) is 38.9 Å². The summed E-state index contributed by atoms with van der Waals surface area (Å²) in [6.07, 6.45) is 1.79. The summed E-state index contributed by atoms with van der Waals surface area (Å²) >= 11 is 3.45. The minimum Gasteiger partial charge on any atom is -0.330 e. The van der Waals surface area contributed by atoms with Crippen LogP contribution >= 0.6 is 15.9 Å². The van der Waals surface area contributed by atoms with Gasteiger partial charge in [-0.15, -0.1) is 0 Å². The molecule has 1 heterocycles. The monoisotopic (exact) mass is 228 g/mol. The van der Waals surface area contributed by atoms with Crippen molar-refractivity contribution in [2.75, 3.05) is 6.54 Å². The highest BCUT2D eigenvalue weighted by Gasteiger charge is 2.22. The van der Waals surface area contributed by atoms with Crippen molar-refractivity contribution in [3.05, 3.63) is 28.5 Å². The SMILES string of the molecule is CC(C)(CN)c1ncccc1Br. The number of nitrogens with two attached hydrogens (primary N) is 1. The molecule has 1 rings (SSSR count). The molecule has 12 heavy (non-hydrogen) atoms. The molecule has 0 aromatic carbocycles. The third-order valence-electron chi connectivity index (χ3n) is 1.91. The number of pyridine rings is 1. The van der Waals surface area contributed by atoms with E-state index in [-0.39, 0.29) is 5.41 Å². The molecule has 0 unspecified atom stereocenters. The lowest BCUT2D eigenvalue weighted by atomic mass is 9.89. The van der Waals surface area contributed by atoms with Gasteiger partial charge in [-0.05, 0) is 28.1 Å².